The van der Waals surface area contributed by atoms with Crippen molar-refractivity contribution in [3.63, 3.8) is 0 Å². The number of hydrogen-bond acceptors (Lipinski definition) is 3. The zero-order valence-electron chi connectivity index (χ0n) is 14.2. The molecule has 2 N–H and O–H groups in total. The first-order valence-corrected chi connectivity index (χ1v) is 8.08. The summed E-state index contributed by atoms with van der Waals surface area (Å²) in [5.41, 5.74) is 3.17. The van der Waals surface area contributed by atoms with E-state index in [4.69, 9.17) is 0 Å². The van der Waals surface area contributed by atoms with Gasteiger partial charge in [0.15, 0.2) is 5.82 Å². The van der Waals surface area contributed by atoms with Gasteiger partial charge in [0.25, 0.3) is 5.91 Å². The average Bonchev–Trinajstić information content (AvgIpc) is 3.14. The summed E-state index contributed by atoms with van der Waals surface area (Å²) in [5, 5.41) is 2.98. The average molecular weight is 326 g/mol. The Labute approximate surface area is 141 Å². The fourth-order valence-corrected chi connectivity index (χ4v) is 3.20. The van der Waals surface area contributed by atoms with Gasteiger partial charge in [-0.05, 0) is 19.4 Å². The lowest BCUT2D eigenvalue weighted by atomic mass is 9.93. The van der Waals surface area contributed by atoms with Crippen LogP contribution in [0.15, 0.2) is 30.5 Å². The second-order valence-electron chi connectivity index (χ2n) is 6.45. The maximum Gasteiger partial charge on any atom is 0.289 e. The highest BCUT2D eigenvalue weighted by molar-refractivity contribution is 5.91. The Morgan fingerprint density at radius 1 is 1.21 bits per heavy atom. The Bertz CT molecular complexity index is 751. The van der Waals surface area contributed by atoms with Gasteiger partial charge in [-0.3, -0.25) is 9.59 Å². The Morgan fingerprint density at radius 2 is 1.92 bits per heavy atom. The minimum absolute atomic E-state index is 0.0782. The summed E-state index contributed by atoms with van der Waals surface area (Å²) in [4.78, 5) is 33.0. The van der Waals surface area contributed by atoms with E-state index in [-0.39, 0.29) is 23.8 Å². The number of nitrogens with zero attached hydrogens (tertiary/aromatic N) is 2. The van der Waals surface area contributed by atoms with Crippen molar-refractivity contribution in [2.75, 3.05) is 13.1 Å². The summed E-state index contributed by atoms with van der Waals surface area (Å²) in [6.07, 6.45) is 1.64. The third-order valence-electron chi connectivity index (χ3n) is 4.41. The van der Waals surface area contributed by atoms with Crippen molar-refractivity contribution < 1.29 is 9.59 Å². The van der Waals surface area contributed by atoms with E-state index >= 15 is 0 Å². The van der Waals surface area contributed by atoms with Crippen LogP contribution < -0.4 is 5.32 Å². The van der Waals surface area contributed by atoms with Gasteiger partial charge in [0.1, 0.15) is 0 Å². The van der Waals surface area contributed by atoms with E-state index in [0.29, 0.717) is 18.9 Å². The van der Waals surface area contributed by atoms with E-state index in [2.05, 4.69) is 39.6 Å². The highest BCUT2D eigenvalue weighted by Crippen LogP contribution is 2.28. The number of likely N-dealkylation sites (tertiary alicyclic amines) is 1. The molecule has 1 aromatic carbocycles. The summed E-state index contributed by atoms with van der Waals surface area (Å²) in [6, 6.07) is 8.16. The molecule has 24 heavy (non-hydrogen) atoms. The van der Waals surface area contributed by atoms with Crippen LogP contribution in [0.25, 0.3) is 0 Å². The molecule has 0 bridgehead atoms. The number of H-pyrrole nitrogens is 1. The highest BCUT2D eigenvalue weighted by atomic mass is 16.2. The summed E-state index contributed by atoms with van der Waals surface area (Å²) < 4.78 is 0. The van der Waals surface area contributed by atoms with Gasteiger partial charge in [-0.2, -0.15) is 0 Å². The Morgan fingerprint density at radius 3 is 2.50 bits per heavy atom. The number of aromatic nitrogens is 2. The van der Waals surface area contributed by atoms with Crippen LogP contribution in [0.1, 0.15) is 40.3 Å². The lowest BCUT2D eigenvalue weighted by Gasteiger charge is -2.19. The van der Waals surface area contributed by atoms with Crippen molar-refractivity contribution in [3.8, 4) is 0 Å². The molecule has 6 nitrogen and oxygen atoms in total. The highest BCUT2D eigenvalue weighted by Gasteiger charge is 2.37. The molecule has 1 fully saturated rings. The van der Waals surface area contributed by atoms with Gasteiger partial charge in [-0.25, -0.2) is 4.98 Å². The predicted molar refractivity (Wildman–Crippen MR) is 90.8 cm³/mol. The van der Waals surface area contributed by atoms with Crippen molar-refractivity contribution in [2.24, 2.45) is 0 Å². The molecule has 0 spiro atoms. The van der Waals surface area contributed by atoms with Crippen LogP contribution in [0.4, 0.5) is 0 Å². The minimum Gasteiger partial charge on any atom is -0.351 e. The number of imidazole rings is 1. The van der Waals surface area contributed by atoms with E-state index in [1.165, 1.54) is 12.5 Å². The summed E-state index contributed by atoms with van der Waals surface area (Å²) >= 11 is 0. The molecule has 2 aromatic rings. The molecule has 1 aliphatic rings. The molecule has 0 unspecified atom stereocenters. The van der Waals surface area contributed by atoms with Crippen molar-refractivity contribution >= 4 is 11.8 Å². The third kappa shape index (κ3) is 3.32. The van der Waals surface area contributed by atoms with Crippen molar-refractivity contribution in [1.29, 1.82) is 0 Å². The summed E-state index contributed by atoms with van der Waals surface area (Å²) in [6.45, 7) is 6.46. The van der Waals surface area contributed by atoms with E-state index < -0.39 is 0 Å². The summed E-state index contributed by atoms with van der Waals surface area (Å²) in [7, 11) is 0. The molecule has 2 atom stereocenters. The molecule has 2 heterocycles. The van der Waals surface area contributed by atoms with Gasteiger partial charge >= 0.3 is 0 Å². The number of hydrogen-bond donors (Lipinski definition) is 2. The molecular weight excluding hydrogens is 304 g/mol. The SMILES string of the molecule is CC(=O)N[C@@H]1CN(C(=O)c2ncc(C)[nH]2)C[C@H]1c1ccc(C)cc1. The number of nitrogens with one attached hydrogen (secondary N) is 2. The third-order valence-corrected chi connectivity index (χ3v) is 4.41. The quantitative estimate of drug-likeness (QED) is 0.902. The fraction of sp³-hybridized carbons (Fsp3) is 0.389. The number of carbonyl (C=O) groups excluding carboxylic acids is 2. The van der Waals surface area contributed by atoms with Gasteiger partial charge in [0.05, 0.1) is 6.04 Å². The van der Waals surface area contributed by atoms with E-state index in [1.54, 1.807) is 11.1 Å². The summed E-state index contributed by atoms with van der Waals surface area (Å²) in [5.74, 6) is 0.210. The maximum atomic E-state index is 12.6. The standard InChI is InChI=1S/C18H22N4O2/c1-11-4-6-14(7-5-11)15-9-22(10-16(15)21-13(3)23)18(24)17-19-8-12(2)20-17/h4-8,15-16H,9-10H2,1-3H3,(H,19,20)(H,21,23)/t15-,16+/m0/s1. The lowest BCUT2D eigenvalue weighted by molar-refractivity contribution is -0.119. The van der Waals surface area contributed by atoms with Crippen LogP contribution in [0.2, 0.25) is 0 Å². The molecule has 3 rings (SSSR count). The van der Waals surface area contributed by atoms with Crippen molar-refractivity contribution in [3.05, 3.63) is 53.1 Å². The lowest BCUT2D eigenvalue weighted by Crippen LogP contribution is -2.39. The van der Waals surface area contributed by atoms with Crippen molar-refractivity contribution in [1.82, 2.24) is 20.2 Å². The van der Waals surface area contributed by atoms with Crippen molar-refractivity contribution in [2.45, 2.75) is 32.7 Å². The Hall–Kier alpha value is -2.63. The number of benzene rings is 1. The first-order chi connectivity index (χ1) is 11.4. The van der Waals surface area contributed by atoms with Crippen LogP contribution in [0.5, 0.6) is 0 Å². The normalized spacial score (nSPS) is 20.2. The van der Waals surface area contributed by atoms with Crippen LogP contribution in [0, 0.1) is 13.8 Å². The second-order valence-corrected chi connectivity index (χ2v) is 6.45. The predicted octanol–water partition coefficient (Wildman–Crippen LogP) is 1.77. The molecule has 126 valence electrons. The number of rotatable bonds is 3. The largest absolute Gasteiger partial charge is 0.351 e. The molecule has 0 aliphatic carbocycles. The number of amides is 2. The molecule has 0 saturated carbocycles. The van der Waals surface area contributed by atoms with Gasteiger partial charge < -0.3 is 15.2 Å². The minimum atomic E-state index is -0.131. The van der Waals surface area contributed by atoms with Crippen LogP contribution >= 0.6 is 0 Å². The first kappa shape index (κ1) is 16.2. The van der Waals surface area contributed by atoms with Crippen LogP contribution in [-0.2, 0) is 4.79 Å². The number of aryl methyl sites for hydroxylation is 2. The molecule has 1 aliphatic heterocycles. The fourth-order valence-electron chi connectivity index (χ4n) is 3.20. The first-order valence-electron chi connectivity index (χ1n) is 8.08. The molecule has 0 radical (unpaired) electrons. The van der Waals surface area contributed by atoms with E-state index in [1.807, 2.05) is 13.8 Å². The topological polar surface area (TPSA) is 78.1 Å². The van der Waals surface area contributed by atoms with Crippen LogP contribution in [-0.4, -0.2) is 45.8 Å². The molecule has 2 amide bonds. The van der Waals surface area contributed by atoms with Gasteiger partial charge in [0.2, 0.25) is 5.91 Å². The number of aromatic amines is 1. The Kier molecular flexibility index (Phi) is 4.38. The Balaban J connectivity index is 1.83. The smallest absolute Gasteiger partial charge is 0.289 e. The van der Waals surface area contributed by atoms with E-state index in [0.717, 1.165) is 11.3 Å². The van der Waals surface area contributed by atoms with Gasteiger partial charge in [-0.15, -0.1) is 0 Å². The monoisotopic (exact) mass is 326 g/mol. The maximum absolute atomic E-state index is 12.6. The van der Waals surface area contributed by atoms with Gasteiger partial charge in [-0.1, -0.05) is 29.8 Å². The van der Waals surface area contributed by atoms with Gasteiger partial charge in [0, 0.05) is 37.8 Å². The molecule has 1 saturated heterocycles. The molecular formula is C18H22N4O2. The van der Waals surface area contributed by atoms with E-state index in [9.17, 15) is 9.59 Å². The second kappa shape index (κ2) is 6.47. The molecule has 6 heteroatoms. The number of carbonyl (C=O) groups is 2. The van der Waals surface area contributed by atoms with Crippen LogP contribution in [0.3, 0.4) is 0 Å². The molecule has 1 aromatic heterocycles. The zero-order chi connectivity index (χ0) is 17.3. The zero-order valence-corrected chi connectivity index (χ0v) is 14.2.